The van der Waals surface area contributed by atoms with Gasteiger partial charge in [-0.3, -0.25) is 4.79 Å². The highest BCUT2D eigenvalue weighted by molar-refractivity contribution is 6.30. The van der Waals surface area contributed by atoms with Crippen LogP contribution in [0.15, 0.2) is 24.3 Å². The highest BCUT2D eigenvalue weighted by Gasteiger charge is 2.41. The van der Waals surface area contributed by atoms with Crippen molar-refractivity contribution in [1.29, 1.82) is 0 Å². The third-order valence-electron chi connectivity index (χ3n) is 5.21. The topological polar surface area (TPSA) is 55.1 Å². The maximum absolute atomic E-state index is 12.6. The third-order valence-corrected chi connectivity index (χ3v) is 5.46. The molecule has 23 heavy (non-hydrogen) atoms. The minimum atomic E-state index is 0. The molecule has 0 spiro atoms. The number of nitrogens with one attached hydrogen (secondary N) is 1. The second kappa shape index (κ2) is 7.87. The lowest BCUT2D eigenvalue weighted by Crippen LogP contribution is -2.40. The van der Waals surface area contributed by atoms with E-state index in [0.29, 0.717) is 11.8 Å². The number of halogens is 2. The highest BCUT2D eigenvalue weighted by Crippen LogP contribution is 2.47. The Bertz CT molecular complexity index is 534. The quantitative estimate of drug-likeness (QED) is 0.853. The lowest BCUT2D eigenvalue weighted by atomic mass is 9.85. The Balaban J connectivity index is 0.00000192. The van der Waals surface area contributed by atoms with E-state index in [1.807, 2.05) is 24.3 Å². The lowest BCUT2D eigenvalue weighted by molar-refractivity contribution is -0.127. The summed E-state index contributed by atoms with van der Waals surface area (Å²) in [4.78, 5) is 12.6. The van der Waals surface area contributed by atoms with Crippen LogP contribution >= 0.6 is 24.0 Å². The molecule has 5 unspecified atom stereocenters. The molecule has 1 amide bonds. The van der Waals surface area contributed by atoms with Gasteiger partial charge in [0.05, 0.1) is 6.04 Å². The van der Waals surface area contributed by atoms with Gasteiger partial charge in [0.15, 0.2) is 0 Å². The number of hydrogen-bond acceptors (Lipinski definition) is 2. The van der Waals surface area contributed by atoms with Crippen LogP contribution in [0.4, 0.5) is 0 Å². The summed E-state index contributed by atoms with van der Waals surface area (Å²) in [5.74, 6) is 1.47. The second-order valence-corrected chi connectivity index (χ2v) is 7.47. The Hall–Kier alpha value is -0.770. The van der Waals surface area contributed by atoms with Gasteiger partial charge in [-0.1, -0.05) is 37.1 Å². The van der Waals surface area contributed by atoms with Gasteiger partial charge in [0.1, 0.15) is 0 Å². The van der Waals surface area contributed by atoms with Gasteiger partial charge in [0.2, 0.25) is 5.91 Å². The lowest BCUT2D eigenvalue weighted by Gasteiger charge is -2.28. The predicted molar refractivity (Wildman–Crippen MR) is 96.8 cm³/mol. The van der Waals surface area contributed by atoms with Crippen LogP contribution < -0.4 is 11.1 Å². The van der Waals surface area contributed by atoms with E-state index in [4.69, 9.17) is 17.3 Å². The first-order valence-electron chi connectivity index (χ1n) is 8.36. The Kier molecular flexibility index (Phi) is 6.35. The average Bonchev–Trinajstić information content (AvgIpc) is 3.22. The Morgan fingerprint density at radius 1 is 1.26 bits per heavy atom. The molecular weight excluding hydrogens is 331 g/mol. The smallest absolute Gasteiger partial charge is 0.223 e. The summed E-state index contributed by atoms with van der Waals surface area (Å²) in [5, 5.41) is 4.03. The summed E-state index contributed by atoms with van der Waals surface area (Å²) in [7, 11) is 0. The fraction of sp³-hybridized carbons (Fsp3) is 0.611. The van der Waals surface area contributed by atoms with Crippen molar-refractivity contribution in [2.45, 2.75) is 51.1 Å². The normalized spacial score (nSPS) is 30.9. The van der Waals surface area contributed by atoms with Crippen molar-refractivity contribution in [3.05, 3.63) is 34.9 Å². The molecule has 1 aromatic carbocycles. The Morgan fingerprint density at radius 3 is 2.48 bits per heavy atom. The van der Waals surface area contributed by atoms with Gasteiger partial charge in [0, 0.05) is 17.0 Å². The van der Waals surface area contributed by atoms with Crippen LogP contribution in [0.1, 0.15) is 50.6 Å². The molecule has 2 aliphatic carbocycles. The first kappa shape index (κ1) is 18.6. The van der Waals surface area contributed by atoms with Crippen LogP contribution in [0.5, 0.6) is 0 Å². The number of amides is 1. The number of carbonyl (C=O) groups excluding carboxylic acids is 1. The first-order chi connectivity index (χ1) is 10.5. The Morgan fingerprint density at radius 2 is 1.91 bits per heavy atom. The molecule has 0 aromatic heterocycles. The van der Waals surface area contributed by atoms with E-state index in [-0.39, 0.29) is 36.3 Å². The highest BCUT2D eigenvalue weighted by atomic mass is 35.5. The summed E-state index contributed by atoms with van der Waals surface area (Å²) in [5.41, 5.74) is 7.18. The van der Waals surface area contributed by atoms with E-state index >= 15 is 0 Å². The number of rotatable bonds is 4. The number of nitrogens with two attached hydrogens (primary N) is 1. The molecule has 0 saturated heterocycles. The van der Waals surface area contributed by atoms with Crippen molar-refractivity contribution in [1.82, 2.24) is 5.32 Å². The van der Waals surface area contributed by atoms with Crippen molar-refractivity contribution >= 4 is 29.9 Å². The van der Waals surface area contributed by atoms with Gasteiger partial charge in [-0.25, -0.2) is 0 Å². The molecule has 3 rings (SSSR count). The maximum atomic E-state index is 12.6. The molecule has 128 valence electrons. The van der Waals surface area contributed by atoms with Crippen LogP contribution in [0, 0.1) is 17.8 Å². The van der Waals surface area contributed by atoms with Gasteiger partial charge in [-0.15, -0.1) is 12.4 Å². The standard InChI is InChI=1S/C18H25ClN2O.ClH/c1-11-9-16(11)17(12-5-7-14(19)8-6-12)21-18(22)13-3-2-4-15(20)10-13;/h5-8,11,13,15-17H,2-4,9-10,20H2,1H3,(H,21,22);1H. The number of hydrogen-bond donors (Lipinski definition) is 2. The molecule has 3 N–H and O–H groups in total. The summed E-state index contributed by atoms with van der Waals surface area (Å²) in [6.07, 6.45) is 5.07. The largest absolute Gasteiger partial charge is 0.349 e. The first-order valence-corrected chi connectivity index (χ1v) is 8.74. The molecule has 2 aliphatic rings. The van der Waals surface area contributed by atoms with Gasteiger partial charge in [-0.05, 0) is 55.2 Å². The van der Waals surface area contributed by atoms with E-state index < -0.39 is 0 Å². The fourth-order valence-electron chi connectivity index (χ4n) is 3.66. The van der Waals surface area contributed by atoms with Gasteiger partial charge >= 0.3 is 0 Å². The van der Waals surface area contributed by atoms with Crippen molar-refractivity contribution in [3.63, 3.8) is 0 Å². The van der Waals surface area contributed by atoms with Crippen molar-refractivity contribution in [2.24, 2.45) is 23.5 Å². The molecular formula is C18H26Cl2N2O. The average molecular weight is 357 g/mol. The summed E-state index contributed by atoms with van der Waals surface area (Å²) < 4.78 is 0. The van der Waals surface area contributed by atoms with E-state index in [0.717, 1.165) is 36.3 Å². The molecule has 5 heteroatoms. The summed E-state index contributed by atoms with van der Waals surface area (Å²) in [6, 6.07) is 8.16. The minimum Gasteiger partial charge on any atom is -0.349 e. The second-order valence-electron chi connectivity index (χ2n) is 7.04. The van der Waals surface area contributed by atoms with Crippen molar-refractivity contribution < 1.29 is 4.79 Å². The molecule has 5 atom stereocenters. The molecule has 0 bridgehead atoms. The van der Waals surface area contributed by atoms with Gasteiger partial charge in [0.25, 0.3) is 0 Å². The SMILES string of the molecule is CC1CC1C(NC(=O)C1CCCC(N)C1)c1ccc(Cl)cc1.Cl. The van der Waals surface area contributed by atoms with E-state index in [1.54, 1.807) is 0 Å². The van der Waals surface area contributed by atoms with Crippen LogP contribution in [-0.2, 0) is 4.79 Å². The summed E-state index contributed by atoms with van der Waals surface area (Å²) >= 11 is 5.98. The monoisotopic (exact) mass is 356 g/mol. The molecule has 2 fully saturated rings. The summed E-state index contributed by atoms with van der Waals surface area (Å²) in [6.45, 7) is 2.25. The third kappa shape index (κ3) is 4.62. The molecule has 0 heterocycles. The van der Waals surface area contributed by atoms with Crippen LogP contribution in [-0.4, -0.2) is 11.9 Å². The molecule has 3 nitrogen and oxygen atoms in total. The Labute approximate surface area is 149 Å². The maximum Gasteiger partial charge on any atom is 0.223 e. The van der Waals surface area contributed by atoms with E-state index in [1.165, 1.54) is 6.42 Å². The number of carbonyl (C=O) groups is 1. The molecule has 2 saturated carbocycles. The predicted octanol–water partition coefficient (Wildman–Crippen LogP) is 4.09. The van der Waals surface area contributed by atoms with Crippen LogP contribution in [0.3, 0.4) is 0 Å². The number of benzene rings is 1. The van der Waals surface area contributed by atoms with Gasteiger partial charge in [-0.2, -0.15) is 0 Å². The molecule has 0 radical (unpaired) electrons. The van der Waals surface area contributed by atoms with Crippen molar-refractivity contribution in [3.8, 4) is 0 Å². The van der Waals surface area contributed by atoms with Crippen LogP contribution in [0.2, 0.25) is 5.02 Å². The zero-order chi connectivity index (χ0) is 15.7. The molecule has 0 aliphatic heterocycles. The van der Waals surface area contributed by atoms with E-state index in [2.05, 4.69) is 12.2 Å². The fourth-order valence-corrected chi connectivity index (χ4v) is 3.79. The van der Waals surface area contributed by atoms with E-state index in [9.17, 15) is 4.79 Å². The zero-order valence-electron chi connectivity index (χ0n) is 13.5. The zero-order valence-corrected chi connectivity index (χ0v) is 15.1. The van der Waals surface area contributed by atoms with Crippen molar-refractivity contribution in [2.75, 3.05) is 0 Å². The van der Waals surface area contributed by atoms with Crippen LogP contribution in [0.25, 0.3) is 0 Å². The minimum absolute atomic E-state index is 0. The molecule has 1 aromatic rings. The van der Waals surface area contributed by atoms with Gasteiger partial charge < -0.3 is 11.1 Å².